The van der Waals surface area contributed by atoms with Gasteiger partial charge in [0.15, 0.2) is 5.82 Å². The van der Waals surface area contributed by atoms with Crippen molar-refractivity contribution in [3.63, 3.8) is 0 Å². The average Bonchev–Trinajstić information content (AvgIpc) is 2.64. The Kier molecular flexibility index (Phi) is 3.96. The molecule has 96 valence electrons. The van der Waals surface area contributed by atoms with E-state index >= 15 is 0 Å². The van der Waals surface area contributed by atoms with Gasteiger partial charge in [0.25, 0.3) is 0 Å². The number of hydrogen-bond donors (Lipinski definition) is 1. The van der Waals surface area contributed by atoms with Gasteiger partial charge in [0, 0.05) is 6.54 Å². The van der Waals surface area contributed by atoms with E-state index in [0.717, 1.165) is 40.5 Å². The van der Waals surface area contributed by atoms with Gasteiger partial charge in [0.2, 0.25) is 0 Å². The number of hydrogen-bond acceptors (Lipinski definition) is 4. The molecular weight excluding hydrogens is 294 g/mol. The highest BCUT2D eigenvalue weighted by atomic mass is 79.9. The fourth-order valence-electron chi connectivity index (χ4n) is 1.64. The lowest BCUT2D eigenvalue weighted by atomic mass is 10.4. The first-order chi connectivity index (χ1) is 8.63. The number of rotatable bonds is 4. The third-order valence-electron chi connectivity index (χ3n) is 2.60. The van der Waals surface area contributed by atoms with E-state index in [1.807, 2.05) is 13.8 Å². The van der Waals surface area contributed by atoms with Crippen LogP contribution in [0.4, 0.5) is 5.82 Å². The van der Waals surface area contributed by atoms with Gasteiger partial charge in [-0.2, -0.15) is 5.10 Å². The van der Waals surface area contributed by atoms with E-state index in [1.54, 1.807) is 17.1 Å². The van der Waals surface area contributed by atoms with E-state index in [9.17, 15) is 0 Å². The summed E-state index contributed by atoms with van der Waals surface area (Å²) < 4.78 is 2.81. The second kappa shape index (κ2) is 5.48. The van der Waals surface area contributed by atoms with Crippen molar-refractivity contribution < 1.29 is 0 Å². The van der Waals surface area contributed by atoms with E-state index in [1.165, 1.54) is 0 Å². The average molecular weight is 310 g/mol. The lowest BCUT2D eigenvalue weighted by Crippen LogP contribution is -2.07. The maximum Gasteiger partial charge on any atom is 0.174 e. The van der Waals surface area contributed by atoms with Crippen molar-refractivity contribution in [3.05, 3.63) is 28.3 Å². The fourth-order valence-corrected chi connectivity index (χ4v) is 1.89. The van der Waals surface area contributed by atoms with Crippen molar-refractivity contribution in [1.82, 2.24) is 19.7 Å². The Morgan fingerprint density at radius 1 is 1.33 bits per heavy atom. The molecule has 0 saturated heterocycles. The topological polar surface area (TPSA) is 55.6 Å². The van der Waals surface area contributed by atoms with Crippen molar-refractivity contribution >= 4 is 21.7 Å². The molecule has 2 heterocycles. The second-order valence-corrected chi connectivity index (χ2v) is 4.88. The Morgan fingerprint density at radius 3 is 2.72 bits per heavy atom. The standard InChI is InChI=1S/C12H16BrN5/c1-4-5-15-10-6-14-7-11(16-10)18-9(3)12(13)8(2)17-18/h6-7H,4-5H2,1-3H3,(H,15,16). The quantitative estimate of drug-likeness (QED) is 0.943. The molecule has 0 aromatic carbocycles. The summed E-state index contributed by atoms with van der Waals surface area (Å²) in [6.07, 6.45) is 4.49. The summed E-state index contributed by atoms with van der Waals surface area (Å²) in [7, 11) is 0. The summed E-state index contributed by atoms with van der Waals surface area (Å²) in [6.45, 7) is 6.96. The van der Waals surface area contributed by atoms with Gasteiger partial charge < -0.3 is 5.32 Å². The Balaban J connectivity index is 2.35. The third-order valence-corrected chi connectivity index (χ3v) is 3.75. The van der Waals surface area contributed by atoms with E-state index in [0.29, 0.717) is 0 Å². The van der Waals surface area contributed by atoms with Gasteiger partial charge in [-0.25, -0.2) is 9.67 Å². The van der Waals surface area contributed by atoms with Gasteiger partial charge in [0.05, 0.1) is 28.3 Å². The predicted octanol–water partition coefficient (Wildman–Crippen LogP) is 2.86. The lowest BCUT2D eigenvalue weighted by Gasteiger charge is -2.06. The van der Waals surface area contributed by atoms with Crippen molar-refractivity contribution in [2.75, 3.05) is 11.9 Å². The smallest absolute Gasteiger partial charge is 0.174 e. The summed E-state index contributed by atoms with van der Waals surface area (Å²) in [5, 5.41) is 7.66. The van der Waals surface area contributed by atoms with Crippen LogP contribution in [-0.4, -0.2) is 26.3 Å². The summed E-state index contributed by atoms with van der Waals surface area (Å²) in [5.41, 5.74) is 1.97. The van der Waals surface area contributed by atoms with Crippen LogP contribution in [0, 0.1) is 13.8 Å². The normalized spacial score (nSPS) is 10.7. The molecule has 0 fully saturated rings. The largest absolute Gasteiger partial charge is 0.369 e. The molecule has 0 aliphatic heterocycles. The van der Waals surface area contributed by atoms with Crippen LogP contribution in [-0.2, 0) is 0 Å². The van der Waals surface area contributed by atoms with E-state index in [-0.39, 0.29) is 0 Å². The molecule has 5 nitrogen and oxygen atoms in total. The Bertz CT molecular complexity index is 549. The molecule has 6 heteroatoms. The number of anilines is 1. The van der Waals surface area contributed by atoms with Crippen molar-refractivity contribution in [2.45, 2.75) is 27.2 Å². The fraction of sp³-hybridized carbons (Fsp3) is 0.417. The lowest BCUT2D eigenvalue weighted by molar-refractivity contribution is 0.798. The molecule has 18 heavy (non-hydrogen) atoms. The number of nitrogens with one attached hydrogen (secondary N) is 1. The van der Waals surface area contributed by atoms with Gasteiger partial charge >= 0.3 is 0 Å². The zero-order valence-electron chi connectivity index (χ0n) is 10.7. The molecular formula is C12H16BrN5. The minimum atomic E-state index is 0.724. The third kappa shape index (κ3) is 2.53. The molecule has 0 aliphatic carbocycles. The number of aryl methyl sites for hydroxylation is 1. The zero-order valence-corrected chi connectivity index (χ0v) is 12.3. The van der Waals surface area contributed by atoms with Crippen LogP contribution < -0.4 is 5.32 Å². The first-order valence-corrected chi connectivity index (χ1v) is 6.70. The van der Waals surface area contributed by atoms with Crippen LogP contribution in [0.25, 0.3) is 5.82 Å². The summed E-state index contributed by atoms with van der Waals surface area (Å²) in [4.78, 5) is 8.69. The number of aromatic nitrogens is 4. The number of nitrogens with zero attached hydrogens (tertiary/aromatic N) is 4. The van der Waals surface area contributed by atoms with Crippen molar-refractivity contribution in [3.8, 4) is 5.82 Å². The monoisotopic (exact) mass is 309 g/mol. The SMILES string of the molecule is CCCNc1cncc(-n2nc(C)c(Br)c2C)n1. The van der Waals surface area contributed by atoms with E-state index in [4.69, 9.17) is 0 Å². The molecule has 2 rings (SSSR count). The Labute approximate surface area is 115 Å². The first-order valence-electron chi connectivity index (χ1n) is 5.91. The Hall–Kier alpha value is -1.43. The maximum atomic E-state index is 4.50. The van der Waals surface area contributed by atoms with Crippen molar-refractivity contribution in [2.24, 2.45) is 0 Å². The molecule has 0 unspecified atom stereocenters. The molecule has 1 N–H and O–H groups in total. The van der Waals surface area contributed by atoms with Gasteiger partial charge in [-0.15, -0.1) is 0 Å². The van der Waals surface area contributed by atoms with Crippen LogP contribution >= 0.6 is 15.9 Å². The number of halogens is 1. The van der Waals surface area contributed by atoms with Crippen LogP contribution in [0.1, 0.15) is 24.7 Å². The van der Waals surface area contributed by atoms with Crippen molar-refractivity contribution in [1.29, 1.82) is 0 Å². The molecule has 0 saturated carbocycles. The van der Waals surface area contributed by atoms with Crippen LogP contribution in [0.2, 0.25) is 0 Å². The van der Waals surface area contributed by atoms with Crippen LogP contribution in [0.5, 0.6) is 0 Å². The molecule has 2 aromatic rings. The minimum absolute atomic E-state index is 0.724. The predicted molar refractivity (Wildman–Crippen MR) is 75.1 cm³/mol. The Morgan fingerprint density at radius 2 is 2.11 bits per heavy atom. The molecule has 0 amide bonds. The minimum Gasteiger partial charge on any atom is -0.369 e. The summed E-state index contributed by atoms with van der Waals surface area (Å²) >= 11 is 3.51. The maximum absolute atomic E-state index is 4.50. The highest BCUT2D eigenvalue weighted by molar-refractivity contribution is 9.10. The van der Waals surface area contributed by atoms with Crippen LogP contribution in [0.15, 0.2) is 16.9 Å². The van der Waals surface area contributed by atoms with Gasteiger partial charge in [-0.1, -0.05) is 6.92 Å². The van der Waals surface area contributed by atoms with E-state index < -0.39 is 0 Å². The zero-order chi connectivity index (χ0) is 13.1. The highest BCUT2D eigenvalue weighted by Gasteiger charge is 2.11. The van der Waals surface area contributed by atoms with Gasteiger partial charge in [-0.05, 0) is 36.2 Å². The summed E-state index contributed by atoms with van der Waals surface area (Å²) in [6, 6.07) is 0. The molecule has 0 aliphatic rings. The first kappa shape index (κ1) is 13.0. The molecule has 0 spiro atoms. The molecule has 0 bridgehead atoms. The summed E-state index contributed by atoms with van der Waals surface area (Å²) in [5.74, 6) is 1.50. The molecule has 2 aromatic heterocycles. The van der Waals surface area contributed by atoms with E-state index in [2.05, 4.69) is 43.2 Å². The molecule has 0 atom stereocenters. The van der Waals surface area contributed by atoms with Crippen LogP contribution in [0.3, 0.4) is 0 Å². The second-order valence-electron chi connectivity index (χ2n) is 4.09. The molecule has 0 radical (unpaired) electrons. The highest BCUT2D eigenvalue weighted by Crippen LogP contribution is 2.22. The van der Waals surface area contributed by atoms with Gasteiger partial charge in [-0.3, -0.25) is 4.98 Å². The van der Waals surface area contributed by atoms with Gasteiger partial charge in [0.1, 0.15) is 5.82 Å².